The molecular formula is C19H28N2O2. The zero-order chi connectivity index (χ0) is 16.9. The lowest BCUT2D eigenvalue weighted by Crippen LogP contribution is -2.51. The van der Waals surface area contributed by atoms with Crippen molar-refractivity contribution in [1.82, 2.24) is 5.32 Å². The Morgan fingerprint density at radius 1 is 1.22 bits per heavy atom. The minimum atomic E-state index is -0.682. The summed E-state index contributed by atoms with van der Waals surface area (Å²) in [7, 11) is 1.64. The molecule has 0 spiro atoms. The monoisotopic (exact) mass is 316 g/mol. The van der Waals surface area contributed by atoms with Gasteiger partial charge >= 0.3 is 0 Å². The van der Waals surface area contributed by atoms with Gasteiger partial charge in [0.2, 0.25) is 5.91 Å². The lowest BCUT2D eigenvalue weighted by molar-refractivity contribution is -0.124. The van der Waals surface area contributed by atoms with Crippen LogP contribution in [0.1, 0.15) is 46.5 Å². The molecule has 1 aliphatic rings. The summed E-state index contributed by atoms with van der Waals surface area (Å²) in [6, 6.07) is 7.69. The molecule has 1 aromatic rings. The number of benzene rings is 1. The van der Waals surface area contributed by atoms with Crippen LogP contribution in [-0.2, 0) is 4.79 Å². The Kier molecular flexibility index (Phi) is 5.69. The predicted molar refractivity (Wildman–Crippen MR) is 94.9 cm³/mol. The summed E-state index contributed by atoms with van der Waals surface area (Å²) in [5, 5.41) is 6.43. The number of hydrogen-bond acceptors (Lipinski definition) is 3. The number of anilines is 1. The van der Waals surface area contributed by atoms with Crippen molar-refractivity contribution in [3.63, 3.8) is 0 Å². The van der Waals surface area contributed by atoms with E-state index in [0.29, 0.717) is 0 Å². The third-order valence-corrected chi connectivity index (χ3v) is 4.34. The molecule has 0 fully saturated rings. The van der Waals surface area contributed by atoms with Crippen molar-refractivity contribution in [3.8, 4) is 5.75 Å². The fourth-order valence-electron chi connectivity index (χ4n) is 2.82. The van der Waals surface area contributed by atoms with Crippen molar-refractivity contribution in [2.75, 3.05) is 12.4 Å². The lowest BCUT2D eigenvalue weighted by atomic mass is 9.94. The SMILES string of the molecule is COc1ccc(NC(C)(C)C(=O)NC(C)C2=CCCCC2)cc1. The van der Waals surface area contributed by atoms with Gasteiger partial charge in [0.25, 0.3) is 0 Å². The van der Waals surface area contributed by atoms with Crippen LogP contribution in [0.2, 0.25) is 0 Å². The fraction of sp³-hybridized carbons (Fsp3) is 0.526. The van der Waals surface area contributed by atoms with Crippen LogP contribution in [-0.4, -0.2) is 24.6 Å². The Balaban J connectivity index is 1.96. The third-order valence-electron chi connectivity index (χ3n) is 4.34. The van der Waals surface area contributed by atoms with Gasteiger partial charge in [-0.2, -0.15) is 0 Å². The molecule has 4 nitrogen and oxygen atoms in total. The quantitative estimate of drug-likeness (QED) is 0.783. The second-order valence-corrected chi connectivity index (χ2v) is 6.70. The Hall–Kier alpha value is -1.97. The molecule has 0 aliphatic heterocycles. The van der Waals surface area contributed by atoms with E-state index in [9.17, 15) is 4.79 Å². The summed E-state index contributed by atoms with van der Waals surface area (Å²) in [5.41, 5.74) is 1.57. The maximum Gasteiger partial charge on any atom is 0.245 e. The van der Waals surface area contributed by atoms with Gasteiger partial charge in [0.1, 0.15) is 11.3 Å². The number of nitrogens with one attached hydrogen (secondary N) is 2. The van der Waals surface area contributed by atoms with Gasteiger partial charge < -0.3 is 15.4 Å². The molecule has 0 saturated carbocycles. The molecule has 2 rings (SSSR count). The molecule has 2 N–H and O–H groups in total. The molecule has 0 heterocycles. The van der Waals surface area contributed by atoms with Gasteiger partial charge in [0.15, 0.2) is 0 Å². The molecule has 1 atom stereocenters. The van der Waals surface area contributed by atoms with Crippen molar-refractivity contribution in [1.29, 1.82) is 0 Å². The van der Waals surface area contributed by atoms with E-state index in [4.69, 9.17) is 4.74 Å². The topological polar surface area (TPSA) is 50.4 Å². The molecule has 23 heavy (non-hydrogen) atoms. The Morgan fingerprint density at radius 2 is 1.91 bits per heavy atom. The van der Waals surface area contributed by atoms with Crippen LogP contribution in [0.15, 0.2) is 35.9 Å². The van der Waals surface area contributed by atoms with E-state index in [-0.39, 0.29) is 11.9 Å². The van der Waals surface area contributed by atoms with E-state index < -0.39 is 5.54 Å². The Morgan fingerprint density at radius 3 is 2.48 bits per heavy atom. The number of carbonyl (C=O) groups excluding carboxylic acids is 1. The molecule has 0 aromatic heterocycles. The maximum absolute atomic E-state index is 12.6. The van der Waals surface area contributed by atoms with Gasteiger partial charge in [-0.25, -0.2) is 0 Å². The maximum atomic E-state index is 12.6. The standard InChI is InChI=1S/C19H28N2O2/c1-14(15-8-6-5-7-9-15)20-18(22)19(2,3)21-16-10-12-17(23-4)13-11-16/h8,10-14,21H,5-7,9H2,1-4H3,(H,20,22). The van der Waals surface area contributed by atoms with Gasteiger partial charge in [0, 0.05) is 11.7 Å². The average Bonchev–Trinajstić information content (AvgIpc) is 2.56. The third kappa shape index (κ3) is 4.75. The van der Waals surface area contributed by atoms with Crippen LogP contribution in [0.4, 0.5) is 5.69 Å². The zero-order valence-electron chi connectivity index (χ0n) is 14.6. The first-order chi connectivity index (χ1) is 10.9. The molecule has 1 aliphatic carbocycles. The van der Waals surface area contributed by atoms with Gasteiger partial charge in [-0.05, 0) is 70.7 Å². The van der Waals surface area contributed by atoms with Crippen LogP contribution in [0.5, 0.6) is 5.75 Å². The van der Waals surface area contributed by atoms with Gasteiger partial charge in [-0.15, -0.1) is 0 Å². The van der Waals surface area contributed by atoms with E-state index in [1.54, 1.807) is 7.11 Å². The number of methoxy groups -OCH3 is 1. The van der Waals surface area contributed by atoms with Crippen molar-refractivity contribution >= 4 is 11.6 Å². The summed E-state index contributed by atoms with van der Waals surface area (Å²) in [5.74, 6) is 0.808. The molecule has 0 radical (unpaired) electrons. The molecular weight excluding hydrogens is 288 g/mol. The highest BCUT2D eigenvalue weighted by atomic mass is 16.5. The minimum Gasteiger partial charge on any atom is -0.497 e. The summed E-state index contributed by atoms with van der Waals surface area (Å²) in [6.45, 7) is 5.86. The molecule has 1 unspecified atom stereocenters. The number of allylic oxidation sites excluding steroid dienone is 1. The van der Waals surface area contributed by atoms with Gasteiger partial charge in [-0.1, -0.05) is 11.6 Å². The summed E-state index contributed by atoms with van der Waals surface area (Å²) in [4.78, 5) is 12.6. The molecule has 126 valence electrons. The minimum absolute atomic E-state index is 0.00675. The largest absolute Gasteiger partial charge is 0.497 e. The first-order valence-corrected chi connectivity index (χ1v) is 8.34. The molecule has 0 bridgehead atoms. The number of carbonyl (C=O) groups is 1. The Labute approximate surface area is 139 Å². The lowest BCUT2D eigenvalue weighted by Gasteiger charge is -2.29. The molecule has 1 amide bonds. The number of hydrogen-bond donors (Lipinski definition) is 2. The van der Waals surface area contributed by atoms with Crippen molar-refractivity contribution in [2.45, 2.75) is 58.0 Å². The highest BCUT2D eigenvalue weighted by Gasteiger charge is 2.29. The number of amides is 1. The second-order valence-electron chi connectivity index (χ2n) is 6.70. The highest BCUT2D eigenvalue weighted by molar-refractivity contribution is 5.89. The average molecular weight is 316 g/mol. The van der Waals surface area contributed by atoms with Crippen LogP contribution in [0.3, 0.4) is 0 Å². The number of ether oxygens (including phenoxy) is 1. The first kappa shape index (κ1) is 17.4. The van der Waals surface area contributed by atoms with E-state index >= 15 is 0 Å². The summed E-state index contributed by atoms with van der Waals surface area (Å²) < 4.78 is 5.15. The summed E-state index contributed by atoms with van der Waals surface area (Å²) >= 11 is 0. The second kappa shape index (κ2) is 7.53. The summed E-state index contributed by atoms with van der Waals surface area (Å²) in [6.07, 6.45) is 6.98. The van der Waals surface area contributed by atoms with E-state index in [1.807, 2.05) is 38.1 Å². The van der Waals surface area contributed by atoms with E-state index in [2.05, 4.69) is 23.6 Å². The first-order valence-electron chi connectivity index (χ1n) is 8.34. The molecule has 4 heteroatoms. The highest BCUT2D eigenvalue weighted by Crippen LogP contribution is 2.22. The van der Waals surface area contributed by atoms with Gasteiger partial charge in [-0.3, -0.25) is 4.79 Å². The van der Waals surface area contributed by atoms with Crippen molar-refractivity contribution < 1.29 is 9.53 Å². The molecule has 0 saturated heterocycles. The van der Waals surface area contributed by atoms with E-state index in [0.717, 1.165) is 24.3 Å². The van der Waals surface area contributed by atoms with Crippen LogP contribution in [0.25, 0.3) is 0 Å². The predicted octanol–water partition coefficient (Wildman–Crippen LogP) is 3.89. The van der Waals surface area contributed by atoms with Crippen LogP contribution >= 0.6 is 0 Å². The Bertz CT molecular complexity index is 561. The van der Waals surface area contributed by atoms with Crippen LogP contribution in [0, 0.1) is 0 Å². The van der Waals surface area contributed by atoms with Crippen molar-refractivity contribution in [3.05, 3.63) is 35.9 Å². The number of rotatable bonds is 6. The van der Waals surface area contributed by atoms with Crippen LogP contribution < -0.4 is 15.4 Å². The normalized spacial score (nSPS) is 16.3. The molecule has 1 aromatic carbocycles. The smallest absolute Gasteiger partial charge is 0.245 e. The zero-order valence-corrected chi connectivity index (χ0v) is 14.6. The fourth-order valence-corrected chi connectivity index (χ4v) is 2.82. The van der Waals surface area contributed by atoms with Crippen molar-refractivity contribution in [2.24, 2.45) is 0 Å². The van der Waals surface area contributed by atoms with Gasteiger partial charge in [0.05, 0.1) is 7.11 Å². The van der Waals surface area contributed by atoms with E-state index in [1.165, 1.54) is 18.4 Å².